The van der Waals surface area contributed by atoms with Gasteiger partial charge in [0.2, 0.25) is 0 Å². The molecule has 0 saturated carbocycles. The smallest absolute Gasteiger partial charge is 0.407 e. The van der Waals surface area contributed by atoms with E-state index in [2.05, 4.69) is 64.8 Å². The minimum absolute atomic E-state index is 0.180. The van der Waals surface area contributed by atoms with Gasteiger partial charge in [-0.25, -0.2) is 4.79 Å². The van der Waals surface area contributed by atoms with Crippen LogP contribution >= 0.6 is 0 Å². The molecule has 190 valence electrons. The van der Waals surface area contributed by atoms with Gasteiger partial charge in [-0.15, -0.1) is 0 Å². The summed E-state index contributed by atoms with van der Waals surface area (Å²) in [5, 5.41) is 2.94. The van der Waals surface area contributed by atoms with Gasteiger partial charge in [0.25, 0.3) is 0 Å². The number of amides is 1. The lowest BCUT2D eigenvalue weighted by atomic mass is 9.97. The number of hydrogen-bond acceptors (Lipinski definition) is 4. The minimum atomic E-state index is -0.396. The number of nitrogens with zero attached hydrogens (tertiary/aromatic N) is 1. The van der Waals surface area contributed by atoms with E-state index in [9.17, 15) is 4.79 Å². The first-order valence-electron chi connectivity index (χ1n) is 12.9. The van der Waals surface area contributed by atoms with E-state index < -0.39 is 6.09 Å². The molecule has 1 aliphatic heterocycles. The van der Waals surface area contributed by atoms with Gasteiger partial charge in [0.05, 0.1) is 0 Å². The molecular weight excluding hydrogens is 448 g/mol. The molecule has 1 heterocycles. The molecule has 0 bridgehead atoms. The van der Waals surface area contributed by atoms with Crippen LogP contribution in [0.1, 0.15) is 50.3 Å². The van der Waals surface area contributed by atoms with Crippen LogP contribution in [0.5, 0.6) is 5.75 Å². The third-order valence-corrected chi connectivity index (χ3v) is 6.33. The van der Waals surface area contributed by atoms with Crippen molar-refractivity contribution in [1.29, 1.82) is 0 Å². The molecule has 0 aromatic heterocycles. The van der Waals surface area contributed by atoms with Gasteiger partial charge in [0.15, 0.2) is 0 Å². The maximum atomic E-state index is 12.8. The van der Waals surface area contributed by atoms with Crippen molar-refractivity contribution in [2.45, 2.75) is 70.9 Å². The molecule has 3 aromatic carbocycles. The Morgan fingerprint density at radius 3 is 2.14 bits per heavy atom. The van der Waals surface area contributed by atoms with Gasteiger partial charge in [0, 0.05) is 31.6 Å². The lowest BCUT2D eigenvalue weighted by Gasteiger charge is -2.34. The third kappa shape index (κ3) is 7.85. The summed E-state index contributed by atoms with van der Waals surface area (Å²) in [7, 11) is 0. The Labute approximate surface area is 215 Å². The Morgan fingerprint density at radius 1 is 0.944 bits per heavy atom. The normalized spacial score (nSPS) is 16.1. The molecule has 0 saturated heterocycles. The number of ether oxygens (including phenoxy) is 2. The fraction of sp³-hybridized carbons (Fsp3) is 0.387. The topological polar surface area (TPSA) is 50.8 Å². The first-order chi connectivity index (χ1) is 17.4. The Balaban J connectivity index is 1.49. The Morgan fingerprint density at radius 2 is 1.53 bits per heavy atom. The second-order valence-corrected chi connectivity index (χ2v) is 10.6. The largest absolute Gasteiger partial charge is 0.486 e. The quantitative estimate of drug-likeness (QED) is 0.382. The molecule has 2 atom stereocenters. The Bertz CT molecular complexity index is 1050. The van der Waals surface area contributed by atoms with Gasteiger partial charge in [-0.1, -0.05) is 78.9 Å². The first kappa shape index (κ1) is 25.8. The number of rotatable bonds is 9. The number of carbonyl (C=O) groups excluding carboxylic acids is 1. The fourth-order valence-electron chi connectivity index (χ4n) is 4.61. The zero-order valence-corrected chi connectivity index (χ0v) is 21.7. The number of fused-ring (bicyclic) bond motifs is 1. The van der Waals surface area contributed by atoms with E-state index in [1.54, 1.807) is 0 Å². The fourth-order valence-corrected chi connectivity index (χ4v) is 4.61. The Hall–Kier alpha value is -3.31. The second kappa shape index (κ2) is 12.1. The van der Waals surface area contributed by atoms with E-state index >= 15 is 0 Å². The average molecular weight is 487 g/mol. The molecule has 36 heavy (non-hydrogen) atoms. The highest BCUT2D eigenvalue weighted by Gasteiger charge is 2.32. The highest BCUT2D eigenvalue weighted by Crippen LogP contribution is 2.30. The summed E-state index contributed by atoms with van der Waals surface area (Å²) in [5.41, 5.74) is 3.37. The number of aryl methyl sites for hydroxylation is 1. The summed E-state index contributed by atoms with van der Waals surface area (Å²) in [6.45, 7) is 8.29. The van der Waals surface area contributed by atoms with Gasteiger partial charge < -0.3 is 14.8 Å². The molecule has 5 heteroatoms. The highest BCUT2D eigenvalue weighted by molar-refractivity contribution is 5.68. The molecule has 0 spiro atoms. The summed E-state index contributed by atoms with van der Waals surface area (Å²) in [5.74, 6) is 0.893. The van der Waals surface area contributed by atoms with Crippen LogP contribution in [0.4, 0.5) is 4.79 Å². The molecular formula is C31H38N2O3. The highest BCUT2D eigenvalue weighted by atomic mass is 16.6. The molecule has 5 nitrogen and oxygen atoms in total. The zero-order valence-electron chi connectivity index (χ0n) is 21.7. The maximum absolute atomic E-state index is 12.8. The molecule has 4 rings (SSSR count). The van der Waals surface area contributed by atoms with E-state index in [1.165, 1.54) is 16.7 Å². The third-order valence-electron chi connectivity index (χ3n) is 6.33. The number of carbonyl (C=O) groups is 1. The van der Waals surface area contributed by atoms with E-state index in [1.807, 2.05) is 51.1 Å². The number of nitrogens with one attached hydrogen (secondary N) is 1. The molecule has 2 unspecified atom stereocenters. The lowest BCUT2D eigenvalue weighted by Crippen LogP contribution is -2.46. The van der Waals surface area contributed by atoms with Gasteiger partial charge in [-0.05, 0) is 56.4 Å². The zero-order chi connectivity index (χ0) is 25.4. The number of hydrogen-bond donors (Lipinski definition) is 1. The second-order valence-electron chi connectivity index (χ2n) is 10.6. The molecule has 0 aliphatic carbocycles. The SMILES string of the molecule is CC(C)(C)NC(=O)OC(CCN(Cc1ccccc1)Cc1ccccc1)C1CCc2ccccc2O1. The molecule has 1 N–H and O–H groups in total. The average Bonchev–Trinajstić information content (AvgIpc) is 2.86. The van der Waals surface area contributed by atoms with Crippen molar-refractivity contribution >= 4 is 6.09 Å². The van der Waals surface area contributed by atoms with Crippen LogP contribution < -0.4 is 10.1 Å². The predicted molar refractivity (Wildman–Crippen MR) is 144 cm³/mol. The van der Waals surface area contributed by atoms with Crippen molar-refractivity contribution in [3.8, 4) is 5.75 Å². The minimum Gasteiger partial charge on any atom is -0.486 e. The van der Waals surface area contributed by atoms with Crippen molar-refractivity contribution in [3.63, 3.8) is 0 Å². The van der Waals surface area contributed by atoms with Crippen LogP contribution in [-0.4, -0.2) is 35.3 Å². The van der Waals surface area contributed by atoms with Gasteiger partial charge in [-0.3, -0.25) is 4.90 Å². The van der Waals surface area contributed by atoms with E-state index in [0.717, 1.165) is 38.2 Å². The van der Waals surface area contributed by atoms with E-state index in [-0.39, 0.29) is 17.7 Å². The molecule has 1 aliphatic rings. The van der Waals surface area contributed by atoms with Crippen LogP contribution in [0.25, 0.3) is 0 Å². The van der Waals surface area contributed by atoms with E-state index in [4.69, 9.17) is 9.47 Å². The monoisotopic (exact) mass is 486 g/mol. The summed E-state index contributed by atoms with van der Waals surface area (Å²) in [4.78, 5) is 15.2. The van der Waals surface area contributed by atoms with Crippen LogP contribution in [0.3, 0.4) is 0 Å². The number of benzene rings is 3. The van der Waals surface area contributed by atoms with Crippen LogP contribution in [0, 0.1) is 0 Å². The summed E-state index contributed by atoms with van der Waals surface area (Å²) >= 11 is 0. The molecule has 0 radical (unpaired) electrons. The molecule has 1 amide bonds. The summed E-state index contributed by atoms with van der Waals surface area (Å²) in [6, 6.07) is 29.2. The Kier molecular flexibility index (Phi) is 8.65. The molecule has 3 aromatic rings. The van der Waals surface area contributed by atoms with Crippen molar-refractivity contribution in [3.05, 3.63) is 102 Å². The van der Waals surface area contributed by atoms with Crippen LogP contribution in [-0.2, 0) is 24.2 Å². The standard InChI is InChI=1S/C31H38N2O3/c1-31(2,3)32-30(34)36-29(28-19-18-26-16-10-11-17-27(26)35-28)20-21-33(22-24-12-6-4-7-13-24)23-25-14-8-5-9-15-25/h4-17,28-29H,18-23H2,1-3H3,(H,32,34). The maximum Gasteiger partial charge on any atom is 0.407 e. The number of alkyl carbamates (subject to hydrolysis) is 1. The van der Waals surface area contributed by atoms with Crippen molar-refractivity contribution < 1.29 is 14.3 Å². The van der Waals surface area contributed by atoms with Crippen LogP contribution in [0.2, 0.25) is 0 Å². The van der Waals surface area contributed by atoms with Gasteiger partial charge in [0.1, 0.15) is 18.0 Å². The lowest BCUT2D eigenvalue weighted by molar-refractivity contribution is -0.00522. The number of para-hydroxylation sites is 1. The van der Waals surface area contributed by atoms with Crippen molar-refractivity contribution in [2.75, 3.05) is 6.54 Å². The summed E-state index contributed by atoms with van der Waals surface area (Å²) in [6.07, 6.45) is 1.49. The molecule has 0 fully saturated rings. The predicted octanol–water partition coefficient (Wildman–Crippen LogP) is 6.37. The van der Waals surface area contributed by atoms with Crippen molar-refractivity contribution in [2.24, 2.45) is 0 Å². The van der Waals surface area contributed by atoms with Gasteiger partial charge >= 0.3 is 6.09 Å². The van der Waals surface area contributed by atoms with Crippen molar-refractivity contribution in [1.82, 2.24) is 10.2 Å². The van der Waals surface area contributed by atoms with Gasteiger partial charge in [-0.2, -0.15) is 0 Å². The van der Waals surface area contributed by atoms with E-state index in [0.29, 0.717) is 6.42 Å². The summed E-state index contributed by atoms with van der Waals surface area (Å²) < 4.78 is 12.4. The first-order valence-corrected chi connectivity index (χ1v) is 12.9. The van der Waals surface area contributed by atoms with Crippen LogP contribution in [0.15, 0.2) is 84.9 Å².